The van der Waals surface area contributed by atoms with Crippen LogP contribution in [0.1, 0.15) is 43.2 Å². The Hall–Kier alpha value is -2.00. The van der Waals surface area contributed by atoms with Gasteiger partial charge in [0, 0.05) is 18.0 Å². The zero-order valence-corrected chi connectivity index (χ0v) is 15.9. The summed E-state index contributed by atoms with van der Waals surface area (Å²) in [6, 6.07) is 16.9. The summed E-state index contributed by atoms with van der Waals surface area (Å²) in [6.45, 7) is 2.90. The lowest BCUT2D eigenvalue weighted by atomic mass is 9.52. The van der Waals surface area contributed by atoms with E-state index in [1.165, 1.54) is 43.2 Å². The number of benzene rings is 2. The van der Waals surface area contributed by atoms with Gasteiger partial charge in [-0.3, -0.25) is 4.90 Å². The SMILES string of the molecule is Oc1ccc2c(c1)[C@@]13CCCC[C@H]1[C@@H](C2)N(CCOc1ccccc1)CC3. The predicted molar refractivity (Wildman–Crippen MR) is 107 cm³/mol. The molecule has 0 amide bonds. The molecule has 2 bridgehead atoms. The summed E-state index contributed by atoms with van der Waals surface area (Å²) in [5, 5.41) is 10.1. The van der Waals surface area contributed by atoms with Crippen molar-refractivity contribution in [2.75, 3.05) is 19.7 Å². The first-order chi connectivity index (χ1) is 13.3. The highest BCUT2D eigenvalue weighted by molar-refractivity contribution is 5.45. The quantitative estimate of drug-likeness (QED) is 0.866. The molecule has 2 aliphatic carbocycles. The summed E-state index contributed by atoms with van der Waals surface area (Å²) in [5.41, 5.74) is 3.22. The average Bonchev–Trinajstić information content (AvgIpc) is 2.71. The normalized spacial score (nSPS) is 29.6. The zero-order chi connectivity index (χ0) is 18.3. The Labute approximate surface area is 162 Å². The van der Waals surface area contributed by atoms with Crippen molar-refractivity contribution in [2.24, 2.45) is 5.92 Å². The average molecular weight is 364 g/mol. The van der Waals surface area contributed by atoms with E-state index in [1.54, 1.807) is 0 Å². The van der Waals surface area contributed by atoms with Gasteiger partial charge in [0.25, 0.3) is 0 Å². The molecular weight excluding hydrogens is 334 g/mol. The Kier molecular flexibility index (Phi) is 4.35. The van der Waals surface area contributed by atoms with E-state index >= 15 is 0 Å². The lowest BCUT2D eigenvalue weighted by Gasteiger charge is -2.59. The van der Waals surface area contributed by atoms with Crippen LogP contribution in [-0.4, -0.2) is 35.7 Å². The third kappa shape index (κ3) is 2.93. The van der Waals surface area contributed by atoms with E-state index in [4.69, 9.17) is 4.74 Å². The predicted octanol–water partition coefficient (Wildman–Crippen LogP) is 4.53. The highest BCUT2D eigenvalue weighted by atomic mass is 16.5. The van der Waals surface area contributed by atoms with Crippen LogP contribution in [-0.2, 0) is 11.8 Å². The molecule has 3 atom stereocenters. The van der Waals surface area contributed by atoms with Crippen LogP contribution < -0.4 is 4.74 Å². The van der Waals surface area contributed by atoms with E-state index < -0.39 is 0 Å². The zero-order valence-electron chi connectivity index (χ0n) is 15.9. The number of para-hydroxylation sites is 1. The third-order valence-electron chi connectivity index (χ3n) is 7.33. The van der Waals surface area contributed by atoms with Gasteiger partial charge in [0.2, 0.25) is 0 Å². The second-order valence-electron chi connectivity index (χ2n) is 8.57. The Morgan fingerprint density at radius 1 is 1.07 bits per heavy atom. The van der Waals surface area contributed by atoms with Crippen molar-refractivity contribution in [3.05, 3.63) is 59.7 Å². The largest absolute Gasteiger partial charge is 0.508 e. The lowest BCUT2D eigenvalue weighted by molar-refractivity contribution is -0.0162. The minimum atomic E-state index is 0.298. The van der Waals surface area contributed by atoms with Gasteiger partial charge in [0.15, 0.2) is 0 Å². The number of ether oxygens (including phenoxy) is 1. The number of likely N-dealkylation sites (tertiary alicyclic amines) is 1. The molecule has 1 saturated heterocycles. The highest BCUT2D eigenvalue weighted by Crippen LogP contribution is 2.56. The van der Waals surface area contributed by atoms with E-state index in [-0.39, 0.29) is 0 Å². The minimum absolute atomic E-state index is 0.298. The van der Waals surface area contributed by atoms with E-state index in [0.717, 1.165) is 37.8 Å². The second kappa shape index (κ2) is 6.87. The molecule has 142 valence electrons. The van der Waals surface area contributed by atoms with Crippen molar-refractivity contribution in [3.8, 4) is 11.5 Å². The molecule has 3 aliphatic rings. The van der Waals surface area contributed by atoms with Gasteiger partial charge in [-0.15, -0.1) is 0 Å². The van der Waals surface area contributed by atoms with E-state index in [9.17, 15) is 5.11 Å². The summed E-state index contributed by atoms with van der Waals surface area (Å²) in [4.78, 5) is 2.69. The van der Waals surface area contributed by atoms with Crippen LogP contribution in [0.2, 0.25) is 0 Å². The molecule has 3 nitrogen and oxygen atoms in total. The molecule has 0 aromatic heterocycles. The number of nitrogens with zero attached hydrogens (tertiary/aromatic N) is 1. The molecule has 2 aromatic rings. The Morgan fingerprint density at radius 2 is 1.96 bits per heavy atom. The number of rotatable bonds is 4. The highest BCUT2D eigenvalue weighted by Gasteiger charge is 2.53. The summed E-state index contributed by atoms with van der Waals surface area (Å²) in [5.74, 6) is 2.13. The van der Waals surface area contributed by atoms with Gasteiger partial charge in [0.05, 0.1) is 0 Å². The summed E-state index contributed by atoms with van der Waals surface area (Å²) in [7, 11) is 0. The van der Waals surface area contributed by atoms with Gasteiger partial charge in [-0.2, -0.15) is 0 Å². The molecule has 3 heteroatoms. The molecule has 2 aromatic carbocycles. The van der Waals surface area contributed by atoms with Crippen molar-refractivity contribution in [1.29, 1.82) is 0 Å². The molecule has 27 heavy (non-hydrogen) atoms. The van der Waals surface area contributed by atoms with Crippen molar-refractivity contribution >= 4 is 0 Å². The van der Waals surface area contributed by atoms with Crippen LogP contribution in [0.3, 0.4) is 0 Å². The van der Waals surface area contributed by atoms with Crippen LogP contribution in [0.25, 0.3) is 0 Å². The fourth-order valence-corrected chi connectivity index (χ4v) is 6.15. The first kappa shape index (κ1) is 17.1. The van der Waals surface area contributed by atoms with Gasteiger partial charge in [0.1, 0.15) is 18.1 Å². The maximum Gasteiger partial charge on any atom is 0.119 e. The maximum atomic E-state index is 10.1. The number of phenolic OH excluding ortho intramolecular Hbond substituents is 1. The minimum Gasteiger partial charge on any atom is -0.508 e. The number of aromatic hydroxyl groups is 1. The van der Waals surface area contributed by atoms with E-state index in [0.29, 0.717) is 17.2 Å². The monoisotopic (exact) mass is 363 g/mol. The van der Waals surface area contributed by atoms with E-state index in [2.05, 4.69) is 17.0 Å². The molecule has 1 N–H and O–H groups in total. The summed E-state index contributed by atoms with van der Waals surface area (Å²) in [6.07, 6.45) is 7.64. The van der Waals surface area contributed by atoms with Gasteiger partial charge in [-0.25, -0.2) is 0 Å². The maximum absolute atomic E-state index is 10.1. The molecule has 0 unspecified atom stereocenters. The third-order valence-corrected chi connectivity index (χ3v) is 7.33. The molecule has 2 fully saturated rings. The summed E-state index contributed by atoms with van der Waals surface area (Å²) < 4.78 is 5.99. The van der Waals surface area contributed by atoms with Crippen molar-refractivity contribution < 1.29 is 9.84 Å². The van der Waals surface area contributed by atoms with Gasteiger partial charge >= 0.3 is 0 Å². The smallest absolute Gasteiger partial charge is 0.119 e. The fraction of sp³-hybridized carbons (Fsp3) is 0.500. The van der Waals surface area contributed by atoms with Crippen molar-refractivity contribution in [3.63, 3.8) is 0 Å². The van der Waals surface area contributed by atoms with Crippen molar-refractivity contribution in [2.45, 2.75) is 50.0 Å². The Morgan fingerprint density at radius 3 is 2.85 bits per heavy atom. The molecular formula is C24H29NO2. The number of piperidine rings is 1. The van der Waals surface area contributed by atoms with Crippen LogP contribution in [0.15, 0.2) is 48.5 Å². The van der Waals surface area contributed by atoms with Crippen LogP contribution >= 0.6 is 0 Å². The van der Waals surface area contributed by atoms with Crippen LogP contribution in [0.4, 0.5) is 0 Å². The number of fused-ring (bicyclic) bond motifs is 1. The summed E-state index contributed by atoms with van der Waals surface area (Å²) >= 11 is 0. The second-order valence-corrected chi connectivity index (χ2v) is 8.57. The van der Waals surface area contributed by atoms with Gasteiger partial charge < -0.3 is 9.84 Å². The van der Waals surface area contributed by atoms with Crippen molar-refractivity contribution in [1.82, 2.24) is 4.90 Å². The molecule has 1 aliphatic heterocycles. The first-order valence-corrected chi connectivity index (χ1v) is 10.5. The molecule has 0 radical (unpaired) electrons. The number of phenols is 1. The molecule has 1 saturated carbocycles. The van der Waals surface area contributed by atoms with Gasteiger partial charge in [-0.1, -0.05) is 37.1 Å². The Balaban J connectivity index is 1.37. The van der Waals surface area contributed by atoms with Gasteiger partial charge in [-0.05, 0) is 73.5 Å². The molecule has 5 rings (SSSR count). The number of hydrogen-bond acceptors (Lipinski definition) is 3. The molecule has 0 spiro atoms. The molecule has 1 heterocycles. The number of hydrogen-bond donors (Lipinski definition) is 1. The first-order valence-electron chi connectivity index (χ1n) is 10.5. The fourth-order valence-electron chi connectivity index (χ4n) is 6.15. The van der Waals surface area contributed by atoms with Crippen LogP contribution in [0.5, 0.6) is 11.5 Å². The topological polar surface area (TPSA) is 32.7 Å². The Bertz CT molecular complexity index is 805. The van der Waals surface area contributed by atoms with Crippen LogP contribution in [0, 0.1) is 5.92 Å². The van der Waals surface area contributed by atoms with E-state index in [1.807, 2.05) is 36.4 Å². The lowest BCUT2D eigenvalue weighted by Crippen LogP contribution is -2.61. The standard InChI is InChI=1S/C24H29NO2/c26-19-10-9-18-16-23-21-8-4-5-11-24(21,22(18)17-19)12-13-25(23)14-15-27-20-6-2-1-3-7-20/h1-3,6-7,9-10,17,21,23,26H,4-5,8,11-16H2/t21-,23+,24+/m0/s1.